The third-order valence-electron chi connectivity index (χ3n) is 5.38. The van der Waals surface area contributed by atoms with E-state index in [1.807, 2.05) is 24.3 Å². The van der Waals surface area contributed by atoms with Crippen LogP contribution < -0.4 is 9.62 Å². The third-order valence-corrected chi connectivity index (χ3v) is 6.57. The van der Waals surface area contributed by atoms with Crippen LogP contribution in [-0.2, 0) is 32.6 Å². The first-order chi connectivity index (χ1) is 15.7. The van der Waals surface area contributed by atoms with Gasteiger partial charge in [0.1, 0.15) is 0 Å². The lowest BCUT2D eigenvalue weighted by Crippen LogP contribution is -2.35. The highest BCUT2D eigenvalue weighted by Crippen LogP contribution is 2.21. The van der Waals surface area contributed by atoms with Gasteiger partial charge in [0.25, 0.3) is 0 Å². The predicted molar refractivity (Wildman–Crippen MR) is 122 cm³/mol. The fraction of sp³-hybridized carbons (Fsp3) is 0.435. The number of morpholine rings is 1. The highest BCUT2D eigenvalue weighted by molar-refractivity contribution is 7.92. The molecule has 0 spiro atoms. The van der Waals surface area contributed by atoms with Crippen LogP contribution in [0.4, 0.5) is 14.5 Å². The Morgan fingerprint density at radius 1 is 1.06 bits per heavy atom. The molecule has 0 unspecified atom stereocenters. The number of carbonyl (C=O) groups excluding carboxylic acids is 1. The predicted octanol–water partition coefficient (Wildman–Crippen LogP) is 2.66. The van der Waals surface area contributed by atoms with Crippen LogP contribution in [0.15, 0.2) is 42.5 Å². The first kappa shape index (κ1) is 25.1. The van der Waals surface area contributed by atoms with Crippen LogP contribution >= 0.6 is 0 Å². The Morgan fingerprint density at radius 3 is 2.36 bits per heavy atom. The van der Waals surface area contributed by atoms with E-state index in [-0.39, 0.29) is 31.0 Å². The Kier molecular flexibility index (Phi) is 8.76. The zero-order valence-corrected chi connectivity index (χ0v) is 19.4. The summed E-state index contributed by atoms with van der Waals surface area (Å²) in [6, 6.07) is 10.9. The summed E-state index contributed by atoms with van der Waals surface area (Å²) in [5.74, 6) is -2.40. The van der Waals surface area contributed by atoms with Crippen molar-refractivity contribution in [3.8, 4) is 0 Å². The highest BCUT2D eigenvalue weighted by Gasteiger charge is 2.19. The molecule has 10 heteroatoms. The zero-order valence-electron chi connectivity index (χ0n) is 18.6. The molecule has 2 aromatic rings. The lowest BCUT2D eigenvalue weighted by Gasteiger charge is -2.26. The van der Waals surface area contributed by atoms with Crippen molar-refractivity contribution in [1.82, 2.24) is 10.2 Å². The number of rotatable bonds is 10. The number of amides is 1. The number of sulfonamides is 1. The molecule has 7 nitrogen and oxygen atoms in total. The summed E-state index contributed by atoms with van der Waals surface area (Å²) in [6.45, 7) is 4.57. The second kappa shape index (κ2) is 11.5. The number of nitrogens with one attached hydrogen (secondary N) is 1. The molecule has 2 aromatic carbocycles. The lowest BCUT2D eigenvalue weighted by atomic mass is 10.1. The number of halogens is 2. The Bertz CT molecular complexity index is 1040. The molecule has 0 atom stereocenters. The van der Waals surface area contributed by atoms with Gasteiger partial charge >= 0.3 is 0 Å². The molecular formula is C23H29F2N3O4S. The molecule has 33 heavy (non-hydrogen) atoms. The topological polar surface area (TPSA) is 79.0 Å². The maximum atomic E-state index is 13.5. The minimum Gasteiger partial charge on any atom is -0.379 e. The van der Waals surface area contributed by atoms with E-state index in [0.29, 0.717) is 6.54 Å². The van der Waals surface area contributed by atoms with E-state index < -0.39 is 21.7 Å². The normalized spacial score (nSPS) is 14.8. The molecule has 1 aliphatic rings. The summed E-state index contributed by atoms with van der Waals surface area (Å²) in [6.07, 6.45) is 1.32. The number of ether oxygens (including phenoxy) is 1. The van der Waals surface area contributed by atoms with Gasteiger partial charge in [-0.1, -0.05) is 24.3 Å². The van der Waals surface area contributed by atoms with Crippen molar-refractivity contribution in [2.75, 3.05) is 43.4 Å². The molecule has 0 aliphatic carbocycles. The van der Waals surface area contributed by atoms with Crippen LogP contribution in [0, 0.1) is 11.6 Å². The van der Waals surface area contributed by atoms with Crippen LogP contribution in [0.1, 0.15) is 24.0 Å². The van der Waals surface area contributed by atoms with Crippen LogP contribution in [0.25, 0.3) is 0 Å². The van der Waals surface area contributed by atoms with Crippen molar-refractivity contribution in [1.29, 1.82) is 0 Å². The standard InChI is InChI=1S/C23H29F2N3O4S/c1-33(30,31)28(20-8-9-21(24)22(25)15-20)10-2-3-23(29)26-16-18-4-6-19(7-5-18)17-27-11-13-32-14-12-27/h4-9,15H,2-3,10-14,16-17H2,1H3,(H,26,29). The van der Waals surface area contributed by atoms with Gasteiger partial charge in [-0.25, -0.2) is 17.2 Å². The van der Waals surface area contributed by atoms with Gasteiger partial charge in [0, 0.05) is 45.2 Å². The number of anilines is 1. The molecule has 0 bridgehead atoms. The summed E-state index contributed by atoms with van der Waals surface area (Å²) < 4.78 is 57.1. The average Bonchev–Trinajstić information content (AvgIpc) is 2.78. The van der Waals surface area contributed by atoms with Gasteiger partial charge in [0.2, 0.25) is 15.9 Å². The van der Waals surface area contributed by atoms with E-state index in [1.165, 1.54) is 11.6 Å². The number of nitrogens with zero attached hydrogens (tertiary/aromatic N) is 2. The van der Waals surface area contributed by atoms with E-state index in [0.717, 1.165) is 61.1 Å². The van der Waals surface area contributed by atoms with E-state index in [1.54, 1.807) is 0 Å². The molecule has 0 radical (unpaired) electrons. The summed E-state index contributed by atoms with van der Waals surface area (Å²) in [7, 11) is -3.71. The van der Waals surface area contributed by atoms with Crippen molar-refractivity contribution in [3.05, 3.63) is 65.2 Å². The zero-order chi connectivity index (χ0) is 23.8. The van der Waals surface area contributed by atoms with Crippen LogP contribution in [0.3, 0.4) is 0 Å². The molecule has 0 saturated carbocycles. The fourth-order valence-corrected chi connectivity index (χ4v) is 4.54. The molecule has 1 fully saturated rings. The van der Waals surface area contributed by atoms with Crippen LogP contribution in [-0.4, -0.2) is 58.3 Å². The van der Waals surface area contributed by atoms with Crippen LogP contribution in [0.2, 0.25) is 0 Å². The molecule has 3 rings (SSSR count). The van der Waals surface area contributed by atoms with E-state index in [2.05, 4.69) is 10.2 Å². The molecule has 1 saturated heterocycles. The molecule has 1 heterocycles. The second-order valence-electron chi connectivity index (χ2n) is 8.02. The number of benzene rings is 2. The maximum Gasteiger partial charge on any atom is 0.232 e. The minimum atomic E-state index is -3.71. The smallest absolute Gasteiger partial charge is 0.232 e. The summed E-state index contributed by atoms with van der Waals surface area (Å²) in [4.78, 5) is 14.5. The highest BCUT2D eigenvalue weighted by atomic mass is 32.2. The summed E-state index contributed by atoms with van der Waals surface area (Å²) in [5.41, 5.74) is 2.19. The number of hydrogen-bond donors (Lipinski definition) is 1. The van der Waals surface area contributed by atoms with Crippen molar-refractivity contribution in [3.63, 3.8) is 0 Å². The van der Waals surface area contributed by atoms with E-state index >= 15 is 0 Å². The van der Waals surface area contributed by atoms with Crippen molar-refractivity contribution in [2.24, 2.45) is 0 Å². The van der Waals surface area contributed by atoms with E-state index in [4.69, 9.17) is 4.74 Å². The molecule has 1 amide bonds. The minimum absolute atomic E-state index is 0.0203. The Labute approximate surface area is 193 Å². The third kappa shape index (κ3) is 7.76. The first-order valence-electron chi connectivity index (χ1n) is 10.8. The van der Waals surface area contributed by atoms with Gasteiger partial charge in [-0.15, -0.1) is 0 Å². The summed E-state index contributed by atoms with van der Waals surface area (Å²) in [5, 5.41) is 2.83. The largest absolute Gasteiger partial charge is 0.379 e. The molecule has 1 aliphatic heterocycles. The Morgan fingerprint density at radius 2 is 1.73 bits per heavy atom. The van der Waals surface area contributed by atoms with Gasteiger partial charge in [0.05, 0.1) is 25.2 Å². The second-order valence-corrected chi connectivity index (χ2v) is 9.93. The Balaban J connectivity index is 1.44. The van der Waals surface area contributed by atoms with Crippen molar-refractivity contribution >= 4 is 21.6 Å². The SMILES string of the molecule is CS(=O)(=O)N(CCCC(=O)NCc1ccc(CN2CCOCC2)cc1)c1ccc(F)c(F)c1. The van der Waals surface area contributed by atoms with Crippen LogP contribution in [0.5, 0.6) is 0 Å². The lowest BCUT2D eigenvalue weighted by molar-refractivity contribution is -0.121. The fourth-order valence-electron chi connectivity index (χ4n) is 3.58. The molecule has 180 valence electrons. The van der Waals surface area contributed by atoms with E-state index in [9.17, 15) is 22.0 Å². The van der Waals surface area contributed by atoms with Crippen molar-refractivity contribution < 1.29 is 26.7 Å². The van der Waals surface area contributed by atoms with Gasteiger partial charge in [-0.3, -0.25) is 14.0 Å². The molecule has 0 aromatic heterocycles. The molecular weight excluding hydrogens is 452 g/mol. The van der Waals surface area contributed by atoms with Gasteiger partial charge in [-0.05, 0) is 29.7 Å². The maximum absolute atomic E-state index is 13.5. The van der Waals surface area contributed by atoms with Gasteiger partial charge in [-0.2, -0.15) is 0 Å². The number of hydrogen-bond acceptors (Lipinski definition) is 5. The molecule has 1 N–H and O–H groups in total. The van der Waals surface area contributed by atoms with Gasteiger partial charge < -0.3 is 10.1 Å². The monoisotopic (exact) mass is 481 g/mol. The van der Waals surface area contributed by atoms with Gasteiger partial charge in [0.15, 0.2) is 11.6 Å². The number of carbonyl (C=O) groups is 1. The average molecular weight is 482 g/mol. The quantitative estimate of drug-likeness (QED) is 0.565. The van der Waals surface area contributed by atoms with Crippen molar-refractivity contribution in [2.45, 2.75) is 25.9 Å². The Hall–Kier alpha value is -2.56. The first-order valence-corrected chi connectivity index (χ1v) is 12.6. The summed E-state index contributed by atoms with van der Waals surface area (Å²) >= 11 is 0.